The van der Waals surface area contributed by atoms with Crippen molar-refractivity contribution < 1.29 is 36.6 Å². The minimum absolute atomic E-state index is 0.0492. The summed E-state index contributed by atoms with van der Waals surface area (Å²) in [5.74, 6) is -4.84. The summed E-state index contributed by atoms with van der Waals surface area (Å²) in [5.41, 5.74) is 3.09. The molecule has 0 amide bonds. The van der Waals surface area contributed by atoms with Crippen molar-refractivity contribution in [2.45, 2.75) is 69.4 Å². The van der Waals surface area contributed by atoms with Crippen LogP contribution in [-0.4, -0.2) is 43.6 Å². The van der Waals surface area contributed by atoms with Crippen LogP contribution in [-0.2, 0) is 28.4 Å². The maximum absolute atomic E-state index is 14.6. The fraction of sp³-hybridized carbons (Fsp3) is 0.536. The summed E-state index contributed by atoms with van der Waals surface area (Å²) in [6, 6.07) is 8.69. The van der Waals surface area contributed by atoms with Crippen molar-refractivity contribution in [2.24, 2.45) is 0 Å². The molecule has 0 N–H and O–H groups in total. The van der Waals surface area contributed by atoms with Crippen molar-refractivity contribution >= 4 is 5.97 Å². The highest BCUT2D eigenvalue weighted by Crippen LogP contribution is 2.44. The third-order valence-electron chi connectivity index (χ3n) is 7.70. The van der Waals surface area contributed by atoms with Gasteiger partial charge >= 0.3 is 5.97 Å². The van der Waals surface area contributed by atoms with Gasteiger partial charge in [-0.3, -0.25) is 9.69 Å². The first kappa shape index (κ1) is 25.8. The van der Waals surface area contributed by atoms with Crippen LogP contribution < -0.4 is 9.47 Å². The average molecular weight is 522 g/mol. The summed E-state index contributed by atoms with van der Waals surface area (Å²) >= 11 is 0. The molecule has 1 aliphatic carbocycles. The standard InChI is InChI=1S/C28H31F4NO4/c1-27(29,30)23-7-5-21-20(22(23)15-33-11-9-28(31,32)10-12-33)6-8-24(21)37-18-3-4-19-17(13-26(34)35-2)16-36-25(19)14-18/h3-5,7,14,17,24H,6,8-13,15-16H2,1-2H3/t17-,24-/m1/s1. The van der Waals surface area contributed by atoms with E-state index in [1.807, 2.05) is 17.0 Å². The van der Waals surface area contributed by atoms with E-state index in [2.05, 4.69) is 0 Å². The Kier molecular flexibility index (Phi) is 6.85. The number of hydrogen-bond donors (Lipinski definition) is 0. The number of carbonyl (C=O) groups excluding carboxylic acids is 1. The highest BCUT2D eigenvalue weighted by molar-refractivity contribution is 5.71. The van der Waals surface area contributed by atoms with Crippen molar-refractivity contribution in [3.05, 3.63) is 58.1 Å². The third-order valence-corrected chi connectivity index (χ3v) is 7.70. The summed E-state index contributed by atoms with van der Waals surface area (Å²) in [6.07, 6.45) is 0.610. The van der Waals surface area contributed by atoms with E-state index in [0.717, 1.165) is 23.6 Å². The second kappa shape index (κ2) is 9.82. The van der Waals surface area contributed by atoms with Gasteiger partial charge in [-0.25, -0.2) is 17.6 Å². The van der Waals surface area contributed by atoms with Crippen LogP contribution in [0.1, 0.15) is 72.4 Å². The van der Waals surface area contributed by atoms with Crippen LogP contribution in [0.4, 0.5) is 17.6 Å². The Morgan fingerprint density at radius 3 is 2.59 bits per heavy atom. The second-order valence-corrected chi connectivity index (χ2v) is 10.3. The van der Waals surface area contributed by atoms with Crippen LogP contribution in [0.15, 0.2) is 30.3 Å². The van der Waals surface area contributed by atoms with Gasteiger partial charge in [-0.1, -0.05) is 18.2 Å². The summed E-state index contributed by atoms with van der Waals surface area (Å²) in [6.45, 7) is 1.84. The fourth-order valence-corrected chi connectivity index (χ4v) is 5.66. The van der Waals surface area contributed by atoms with E-state index in [4.69, 9.17) is 14.2 Å². The molecule has 2 aromatic rings. The minimum Gasteiger partial charge on any atom is -0.492 e. The number of carbonyl (C=O) groups is 1. The third kappa shape index (κ3) is 5.42. The predicted octanol–water partition coefficient (Wildman–Crippen LogP) is 6.13. The molecule has 0 aromatic heterocycles. The summed E-state index contributed by atoms with van der Waals surface area (Å²) < 4.78 is 73.2. The Bertz CT molecular complexity index is 1170. The number of methoxy groups -OCH3 is 1. The Hall–Kier alpha value is -2.81. The summed E-state index contributed by atoms with van der Waals surface area (Å²) in [7, 11) is 1.36. The van der Waals surface area contributed by atoms with E-state index in [9.17, 15) is 22.4 Å². The second-order valence-electron chi connectivity index (χ2n) is 10.3. The maximum atomic E-state index is 14.6. The van der Waals surface area contributed by atoms with E-state index in [-0.39, 0.29) is 62.5 Å². The van der Waals surface area contributed by atoms with Gasteiger partial charge in [-0.05, 0) is 35.6 Å². The predicted molar refractivity (Wildman–Crippen MR) is 128 cm³/mol. The highest BCUT2D eigenvalue weighted by atomic mass is 19.3. The number of likely N-dealkylation sites (tertiary alicyclic amines) is 1. The molecule has 1 saturated heterocycles. The molecule has 0 spiro atoms. The van der Waals surface area contributed by atoms with Crippen molar-refractivity contribution in [3.63, 3.8) is 0 Å². The molecule has 5 nitrogen and oxygen atoms in total. The van der Waals surface area contributed by atoms with Gasteiger partial charge in [0.1, 0.15) is 17.6 Å². The van der Waals surface area contributed by atoms with Crippen LogP contribution in [0, 0.1) is 0 Å². The van der Waals surface area contributed by atoms with Crippen LogP contribution in [0.25, 0.3) is 0 Å². The van der Waals surface area contributed by atoms with Crippen molar-refractivity contribution in [2.75, 3.05) is 26.8 Å². The molecule has 37 heavy (non-hydrogen) atoms. The summed E-state index contributed by atoms with van der Waals surface area (Å²) in [4.78, 5) is 13.5. The number of halogens is 4. The van der Waals surface area contributed by atoms with Gasteiger partial charge in [0.15, 0.2) is 0 Å². The molecule has 1 fully saturated rings. The summed E-state index contributed by atoms with van der Waals surface area (Å²) in [5, 5.41) is 0. The van der Waals surface area contributed by atoms with Gasteiger partial charge < -0.3 is 14.2 Å². The van der Waals surface area contributed by atoms with Gasteiger partial charge in [-0.15, -0.1) is 0 Å². The number of ether oxygens (including phenoxy) is 3. The molecule has 9 heteroatoms. The molecule has 2 atom stereocenters. The van der Waals surface area contributed by atoms with Crippen LogP contribution in [0.3, 0.4) is 0 Å². The molecule has 0 saturated carbocycles. The number of benzene rings is 2. The molecule has 200 valence electrons. The van der Waals surface area contributed by atoms with E-state index in [0.29, 0.717) is 36.5 Å². The lowest BCUT2D eigenvalue weighted by Crippen LogP contribution is -2.39. The lowest BCUT2D eigenvalue weighted by atomic mass is 9.93. The molecule has 5 rings (SSSR count). The number of hydrogen-bond acceptors (Lipinski definition) is 5. The lowest BCUT2D eigenvalue weighted by molar-refractivity contribution is -0.141. The van der Waals surface area contributed by atoms with E-state index >= 15 is 0 Å². The number of alkyl halides is 4. The Balaban J connectivity index is 1.36. The van der Waals surface area contributed by atoms with Crippen molar-refractivity contribution in [3.8, 4) is 11.5 Å². The van der Waals surface area contributed by atoms with Gasteiger partial charge in [0.25, 0.3) is 11.8 Å². The first-order valence-corrected chi connectivity index (χ1v) is 12.7. The zero-order chi connectivity index (χ0) is 26.4. The van der Waals surface area contributed by atoms with Gasteiger partial charge in [0.05, 0.1) is 20.1 Å². The van der Waals surface area contributed by atoms with Crippen molar-refractivity contribution in [1.82, 2.24) is 4.90 Å². The van der Waals surface area contributed by atoms with Crippen LogP contribution in [0.2, 0.25) is 0 Å². The Labute approximate surface area is 213 Å². The zero-order valence-electron chi connectivity index (χ0n) is 21.0. The monoisotopic (exact) mass is 521 g/mol. The van der Waals surface area contributed by atoms with E-state index in [1.54, 1.807) is 12.1 Å². The SMILES string of the molecule is COC(=O)C[C@@H]1COc2cc(O[C@@H]3CCc4c3ccc(C(C)(F)F)c4CN3CCC(F)(F)CC3)ccc21. The topological polar surface area (TPSA) is 48.0 Å². The lowest BCUT2D eigenvalue weighted by Gasteiger charge is -2.33. The number of piperidine rings is 1. The van der Waals surface area contributed by atoms with E-state index in [1.165, 1.54) is 13.2 Å². The quantitative estimate of drug-likeness (QED) is 0.324. The van der Waals surface area contributed by atoms with Crippen LogP contribution >= 0.6 is 0 Å². The first-order chi connectivity index (χ1) is 17.5. The Morgan fingerprint density at radius 1 is 1.16 bits per heavy atom. The molecule has 2 aliphatic heterocycles. The number of nitrogens with zero attached hydrogens (tertiary/aromatic N) is 1. The van der Waals surface area contributed by atoms with Crippen LogP contribution in [0.5, 0.6) is 11.5 Å². The average Bonchev–Trinajstić information content (AvgIpc) is 3.44. The molecule has 0 bridgehead atoms. The molecule has 0 radical (unpaired) electrons. The number of esters is 1. The smallest absolute Gasteiger partial charge is 0.306 e. The Morgan fingerprint density at radius 2 is 1.89 bits per heavy atom. The van der Waals surface area contributed by atoms with Gasteiger partial charge in [-0.2, -0.15) is 0 Å². The normalized spacial score (nSPS) is 22.8. The zero-order valence-corrected chi connectivity index (χ0v) is 21.0. The molecule has 3 aliphatic rings. The first-order valence-electron chi connectivity index (χ1n) is 12.7. The number of rotatable bonds is 7. The van der Waals surface area contributed by atoms with Gasteiger partial charge in [0.2, 0.25) is 0 Å². The van der Waals surface area contributed by atoms with E-state index < -0.39 is 11.8 Å². The maximum Gasteiger partial charge on any atom is 0.306 e. The largest absolute Gasteiger partial charge is 0.492 e. The highest BCUT2D eigenvalue weighted by Gasteiger charge is 2.38. The minimum atomic E-state index is -3.04. The molecular formula is C28H31F4NO4. The molecular weight excluding hydrogens is 490 g/mol. The molecule has 2 aromatic carbocycles. The number of fused-ring (bicyclic) bond motifs is 2. The van der Waals surface area contributed by atoms with Gasteiger partial charge in [0, 0.05) is 62.5 Å². The molecule has 0 unspecified atom stereocenters. The fourth-order valence-electron chi connectivity index (χ4n) is 5.66. The molecule has 2 heterocycles. The van der Waals surface area contributed by atoms with Crippen molar-refractivity contribution in [1.29, 1.82) is 0 Å².